The van der Waals surface area contributed by atoms with Gasteiger partial charge in [0.15, 0.2) is 5.96 Å². The van der Waals surface area contributed by atoms with Gasteiger partial charge in [0, 0.05) is 0 Å². The Balaban J connectivity index is 2.21. The average Bonchev–Trinajstić information content (AvgIpc) is 2.48. The van der Waals surface area contributed by atoms with Crippen molar-refractivity contribution in [2.45, 2.75) is 0 Å². The molecule has 0 aromatic heterocycles. The Labute approximate surface area is 131 Å². The van der Waals surface area contributed by atoms with Crippen LogP contribution in [0.15, 0.2) is 47.5 Å². The number of hydrogen-bond acceptors (Lipinski definition) is 5. The predicted octanol–water partition coefficient (Wildman–Crippen LogP) is 1.09. The summed E-state index contributed by atoms with van der Waals surface area (Å²) in [5.41, 5.74) is 16.4. The lowest BCUT2D eigenvalue weighted by atomic mass is 10.1. The molecule has 0 fully saturated rings. The number of carbonyl (C=O) groups is 2. The number of nitrogen functional groups attached to an aromatic ring is 1. The molecule has 23 heavy (non-hydrogen) atoms. The summed E-state index contributed by atoms with van der Waals surface area (Å²) in [6, 6.07) is 10.2. The molecule has 0 atom stereocenters. The zero-order chi connectivity index (χ0) is 17.0. The number of ether oxygens (including phenoxy) is 1. The maximum atomic E-state index is 12.1. The van der Waals surface area contributed by atoms with Crippen LogP contribution < -0.4 is 21.9 Å². The molecule has 8 nitrogen and oxygen atoms in total. The van der Waals surface area contributed by atoms with Gasteiger partial charge in [-0.1, -0.05) is 6.07 Å². The van der Waals surface area contributed by atoms with Gasteiger partial charge in [-0.2, -0.15) is 0 Å². The second-order valence-electron chi connectivity index (χ2n) is 4.49. The number of carbonyl (C=O) groups excluding carboxylic acids is 1. The molecule has 118 valence electrons. The van der Waals surface area contributed by atoms with E-state index in [4.69, 9.17) is 27.0 Å². The number of aromatic carboxylic acids is 1. The van der Waals surface area contributed by atoms with Crippen LogP contribution in [0, 0.1) is 0 Å². The molecule has 0 heterocycles. The Morgan fingerprint density at radius 2 is 1.61 bits per heavy atom. The number of guanidine groups is 1. The van der Waals surface area contributed by atoms with Crippen LogP contribution >= 0.6 is 0 Å². The summed E-state index contributed by atoms with van der Waals surface area (Å²) in [7, 11) is 0. The SMILES string of the molecule is NC(N)=Nc1ccc(OC(=O)c2cccc(C(=O)O)c2N)cc1. The molecule has 0 radical (unpaired) electrons. The summed E-state index contributed by atoms with van der Waals surface area (Å²) in [5.74, 6) is -1.84. The molecule has 7 N–H and O–H groups in total. The van der Waals surface area contributed by atoms with E-state index in [1.807, 2.05) is 0 Å². The van der Waals surface area contributed by atoms with E-state index in [1.165, 1.54) is 30.3 Å². The number of carboxylic acid groups (broad SMARTS) is 1. The lowest BCUT2D eigenvalue weighted by Gasteiger charge is -2.08. The molecule has 0 unspecified atom stereocenters. The first-order valence-electron chi connectivity index (χ1n) is 6.42. The first-order valence-corrected chi connectivity index (χ1v) is 6.42. The highest BCUT2D eigenvalue weighted by Crippen LogP contribution is 2.22. The maximum absolute atomic E-state index is 12.1. The average molecular weight is 314 g/mol. The Kier molecular flexibility index (Phi) is 4.46. The highest BCUT2D eigenvalue weighted by Gasteiger charge is 2.17. The number of para-hydroxylation sites is 1. The van der Waals surface area contributed by atoms with Gasteiger partial charge in [0.2, 0.25) is 0 Å². The number of nitrogens with zero attached hydrogens (tertiary/aromatic N) is 1. The van der Waals surface area contributed by atoms with E-state index in [0.717, 1.165) is 0 Å². The minimum absolute atomic E-state index is 0.0294. The van der Waals surface area contributed by atoms with Gasteiger partial charge in [0.25, 0.3) is 0 Å². The Morgan fingerprint density at radius 1 is 1.00 bits per heavy atom. The first-order chi connectivity index (χ1) is 10.9. The fourth-order valence-electron chi connectivity index (χ4n) is 1.83. The van der Waals surface area contributed by atoms with Gasteiger partial charge in [-0.05, 0) is 36.4 Å². The fraction of sp³-hybridized carbons (Fsp3) is 0. The monoisotopic (exact) mass is 314 g/mol. The molecule has 2 rings (SSSR count). The second kappa shape index (κ2) is 6.48. The van der Waals surface area contributed by atoms with E-state index in [0.29, 0.717) is 5.69 Å². The lowest BCUT2D eigenvalue weighted by molar-refractivity contribution is 0.0698. The molecule has 0 amide bonds. The Morgan fingerprint density at radius 3 is 2.17 bits per heavy atom. The summed E-state index contributed by atoms with van der Waals surface area (Å²) in [6.07, 6.45) is 0. The number of anilines is 1. The third-order valence-electron chi connectivity index (χ3n) is 2.86. The van der Waals surface area contributed by atoms with E-state index in [-0.39, 0.29) is 28.5 Å². The molecule has 0 saturated heterocycles. The van der Waals surface area contributed by atoms with Gasteiger partial charge in [-0.25, -0.2) is 14.6 Å². The summed E-state index contributed by atoms with van der Waals surface area (Å²) >= 11 is 0. The first kappa shape index (κ1) is 15.8. The highest BCUT2D eigenvalue weighted by atomic mass is 16.5. The normalized spacial score (nSPS) is 9.91. The number of carboxylic acids is 1. The molecule has 0 aliphatic heterocycles. The minimum Gasteiger partial charge on any atom is -0.478 e. The van der Waals surface area contributed by atoms with Gasteiger partial charge in [-0.15, -0.1) is 0 Å². The molecular formula is C15H14N4O4. The van der Waals surface area contributed by atoms with Crippen molar-refractivity contribution in [3.63, 3.8) is 0 Å². The van der Waals surface area contributed by atoms with Gasteiger partial charge in [0.1, 0.15) is 5.75 Å². The molecule has 2 aromatic carbocycles. The number of hydrogen-bond donors (Lipinski definition) is 4. The van der Waals surface area contributed by atoms with Crippen molar-refractivity contribution in [1.82, 2.24) is 0 Å². The smallest absolute Gasteiger partial charge is 0.345 e. The molecule has 0 saturated carbocycles. The van der Waals surface area contributed by atoms with Gasteiger partial charge >= 0.3 is 11.9 Å². The Hall–Kier alpha value is -3.55. The third kappa shape index (κ3) is 3.76. The van der Waals surface area contributed by atoms with Crippen molar-refractivity contribution in [3.05, 3.63) is 53.6 Å². The summed E-state index contributed by atoms with van der Waals surface area (Å²) in [4.78, 5) is 27.0. The topological polar surface area (TPSA) is 154 Å². The van der Waals surface area contributed by atoms with Crippen LogP contribution in [0.2, 0.25) is 0 Å². The van der Waals surface area contributed by atoms with Gasteiger partial charge < -0.3 is 27.0 Å². The molecule has 0 aliphatic carbocycles. The molecule has 0 bridgehead atoms. The molecule has 0 aliphatic rings. The summed E-state index contributed by atoms with van der Waals surface area (Å²) in [5, 5.41) is 9.00. The predicted molar refractivity (Wildman–Crippen MR) is 84.7 cm³/mol. The van der Waals surface area contributed by atoms with Crippen LogP contribution in [-0.2, 0) is 0 Å². The lowest BCUT2D eigenvalue weighted by Crippen LogP contribution is -2.21. The Bertz CT molecular complexity index is 781. The van der Waals surface area contributed by atoms with Gasteiger partial charge in [-0.3, -0.25) is 0 Å². The highest BCUT2D eigenvalue weighted by molar-refractivity contribution is 6.03. The number of nitrogens with two attached hydrogens (primary N) is 3. The van der Waals surface area contributed by atoms with Crippen molar-refractivity contribution >= 4 is 29.3 Å². The molecule has 0 spiro atoms. The van der Waals surface area contributed by atoms with E-state index >= 15 is 0 Å². The third-order valence-corrected chi connectivity index (χ3v) is 2.86. The van der Waals surface area contributed by atoms with Crippen molar-refractivity contribution in [1.29, 1.82) is 0 Å². The summed E-state index contributed by atoms with van der Waals surface area (Å²) in [6.45, 7) is 0. The number of rotatable bonds is 4. The van der Waals surface area contributed by atoms with E-state index in [9.17, 15) is 9.59 Å². The van der Waals surface area contributed by atoms with E-state index in [2.05, 4.69) is 4.99 Å². The van der Waals surface area contributed by atoms with Crippen molar-refractivity contribution in [2.24, 2.45) is 16.5 Å². The van der Waals surface area contributed by atoms with Crippen molar-refractivity contribution < 1.29 is 19.4 Å². The van der Waals surface area contributed by atoms with Crippen molar-refractivity contribution in [3.8, 4) is 5.75 Å². The second-order valence-corrected chi connectivity index (χ2v) is 4.49. The summed E-state index contributed by atoms with van der Waals surface area (Å²) < 4.78 is 5.15. The van der Waals surface area contributed by atoms with Crippen LogP contribution in [-0.4, -0.2) is 23.0 Å². The van der Waals surface area contributed by atoms with Crippen LogP contribution in [0.25, 0.3) is 0 Å². The molecular weight excluding hydrogens is 300 g/mol. The van der Waals surface area contributed by atoms with Crippen LogP contribution in [0.4, 0.5) is 11.4 Å². The number of aliphatic imine (C=N–C) groups is 1. The zero-order valence-corrected chi connectivity index (χ0v) is 11.9. The van der Waals surface area contributed by atoms with E-state index in [1.54, 1.807) is 12.1 Å². The van der Waals surface area contributed by atoms with Gasteiger partial charge in [0.05, 0.1) is 22.5 Å². The maximum Gasteiger partial charge on any atom is 0.345 e. The van der Waals surface area contributed by atoms with Crippen LogP contribution in [0.3, 0.4) is 0 Å². The standard InChI is InChI=1S/C15H14N4O4/c16-12-10(13(20)21)2-1-3-11(12)14(22)23-9-6-4-8(5-7-9)19-15(17)18/h1-7H,16H2,(H,20,21)(H4,17,18,19). The molecule has 8 heteroatoms. The minimum atomic E-state index is -1.22. The van der Waals surface area contributed by atoms with Crippen LogP contribution in [0.5, 0.6) is 5.75 Å². The fourth-order valence-corrected chi connectivity index (χ4v) is 1.83. The largest absolute Gasteiger partial charge is 0.478 e. The van der Waals surface area contributed by atoms with Crippen LogP contribution in [0.1, 0.15) is 20.7 Å². The zero-order valence-electron chi connectivity index (χ0n) is 11.9. The number of benzene rings is 2. The quantitative estimate of drug-likeness (QED) is 0.216. The molecule has 2 aromatic rings. The number of esters is 1. The van der Waals surface area contributed by atoms with E-state index < -0.39 is 11.9 Å². The van der Waals surface area contributed by atoms with Crippen molar-refractivity contribution in [2.75, 3.05) is 5.73 Å².